The zero-order valence-electron chi connectivity index (χ0n) is 11.8. The van der Waals surface area contributed by atoms with E-state index in [4.69, 9.17) is 4.74 Å². The summed E-state index contributed by atoms with van der Waals surface area (Å²) < 4.78 is 5.54. The van der Waals surface area contributed by atoms with Crippen molar-refractivity contribution in [3.05, 3.63) is 29.6 Å². The third kappa shape index (κ3) is 3.16. The molecule has 0 spiro atoms. The predicted molar refractivity (Wildman–Crippen MR) is 75.4 cm³/mol. The van der Waals surface area contributed by atoms with E-state index in [1.807, 2.05) is 19.1 Å². The van der Waals surface area contributed by atoms with Gasteiger partial charge in [0.25, 0.3) is 0 Å². The number of hydrogen-bond acceptors (Lipinski definition) is 4. The Labute approximate surface area is 119 Å². The lowest BCUT2D eigenvalue weighted by molar-refractivity contribution is -0.125. The van der Waals surface area contributed by atoms with E-state index in [0.717, 1.165) is 37.4 Å². The summed E-state index contributed by atoms with van der Waals surface area (Å²) in [5.41, 5.74) is 2.18. The highest BCUT2D eigenvalue weighted by Crippen LogP contribution is 2.14. The van der Waals surface area contributed by atoms with Crippen LogP contribution in [0.3, 0.4) is 0 Å². The minimum absolute atomic E-state index is 0.0343. The summed E-state index contributed by atoms with van der Waals surface area (Å²) in [7, 11) is 0. The van der Waals surface area contributed by atoms with Gasteiger partial charge in [-0.2, -0.15) is 0 Å². The van der Waals surface area contributed by atoms with Crippen molar-refractivity contribution < 1.29 is 9.53 Å². The molecule has 1 aromatic rings. The second kappa shape index (κ2) is 5.89. The van der Waals surface area contributed by atoms with Crippen LogP contribution in [-0.4, -0.2) is 54.7 Å². The maximum absolute atomic E-state index is 11.9. The predicted octanol–water partition coefficient (Wildman–Crippen LogP) is 0.379. The molecule has 2 saturated heterocycles. The van der Waals surface area contributed by atoms with E-state index < -0.39 is 0 Å². The number of fused-ring (bicyclic) bond motifs is 3. The van der Waals surface area contributed by atoms with Crippen molar-refractivity contribution in [1.29, 1.82) is 0 Å². The summed E-state index contributed by atoms with van der Waals surface area (Å²) in [6, 6.07) is 6.26. The number of aromatic nitrogens is 1. The van der Waals surface area contributed by atoms with Crippen LogP contribution in [0.1, 0.15) is 11.4 Å². The molecule has 20 heavy (non-hydrogen) atoms. The number of pyridine rings is 1. The van der Waals surface area contributed by atoms with Gasteiger partial charge in [0.15, 0.2) is 0 Å². The molecule has 3 rings (SSSR count). The van der Waals surface area contributed by atoms with Crippen LogP contribution in [0.15, 0.2) is 18.2 Å². The molecular weight excluding hydrogens is 254 g/mol. The Balaban J connectivity index is 1.62. The summed E-state index contributed by atoms with van der Waals surface area (Å²) in [6.07, 6.45) is 0.927. The standard InChI is InChI=1S/C15H21N3O2/c1-11-3-2-4-13(16-11)5-6-18-7-12-9-20-10-14(8-18)17-15(12)19/h2-4,12,14H,5-10H2,1H3,(H,17,19)/t12-,14+/m1/s1. The Hall–Kier alpha value is -1.46. The zero-order chi connectivity index (χ0) is 13.9. The van der Waals surface area contributed by atoms with Gasteiger partial charge >= 0.3 is 0 Å². The van der Waals surface area contributed by atoms with Gasteiger partial charge in [-0.3, -0.25) is 14.7 Å². The number of aryl methyl sites for hydroxylation is 1. The van der Waals surface area contributed by atoms with Gasteiger partial charge in [-0.15, -0.1) is 0 Å². The number of ether oxygens (including phenoxy) is 1. The average Bonchev–Trinajstić information content (AvgIpc) is 2.65. The number of rotatable bonds is 3. The van der Waals surface area contributed by atoms with Crippen LogP contribution < -0.4 is 5.32 Å². The Morgan fingerprint density at radius 2 is 2.30 bits per heavy atom. The lowest BCUT2D eigenvalue weighted by Crippen LogP contribution is -2.42. The molecular formula is C15H21N3O2. The number of carbonyl (C=O) groups excluding carboxylic acids is 1. The molecule has 1 aromatic heterocycles. The minimum Gasteiger partial charge on any atom is -0.378 e. The summed E-state index contributed by atoms with van der Waals surface area (Å²) in [4.78, 5) is 18.8. The molecule has 0 radical (unpaired) electrons. The van der Waals surface area contributed by atoms with Gasteiger partial charge in [-0.1, -0.05) is 6.07 Å². The number of nitrogens with one attached hydrogen (secondary N) is 1. The fourth-order valence-corrected chi connectivity index (χ4v) is 2.91. The molecule has 2 fully saturated rings. The highest BCUT2D eigenvalue weighted by molar-refractivity contribution is 5.79. The monoisotopic (exact) mass is 275 g/mol. The maximum atomic E-state index is 11.9. The average molecular weight is 275 g/mol. The quantitative estimate of drug-likeness (QED) is 0.866. The van der Waals surface area contributed by atoms with E-state index in [0.29, 0.717) is 13.2 Å². The fourth-order valence-electron chi connectivity index (χ4n) is 2.91. The van der Waals surface area contributed by atoms with Crippen LogP contribution in [0.2, 0.25) is 0 Å². The Morgan fingerprint density at radius 1 is 1.40 bits per heavy atom. The first-order valence-corrected chi connectivity index (χ1v) is 7.24. The molecule has 0 aliphatic carbocycles. The van der Waals surface area contributed by atoms with Crippen molar-refractivity contribution in [2.75, 3.05) is 32.8 Å². The Kier molecular flexibility index (Phi) is 3.98. The summed E-state index contributed by atoms with van der Waals surface area (Å²) in [5.74, 6) is 0.108. The smallest absolute Gasteiger partial charge is 0.227 e. The van der Waals surface area contributed by atoms with Crippen molar-refractivity contribution in [1.82, 2.24) is 15.2 Å². The zero-order valence-corrected chi connectivity index (χ0v) is 11.8. The van der Waals surface area contributed by atoms with Crippen molar-refractivity contribution >= 4 is 5.91 Å². The van der Waals surface area contributed by atoms with Crippen molar-refractivity contribution in [2.24, 2.45) is 5.92 Å². The SMILES string of the molecule is Cc1cccc(CCN2C[C@H]3COC[C@@H](C2)C(=O)N3)n1. The topological polar surface area (TPSA) is 54.5 Å². The van der Waals surface area contributed by atoms with E-state index in [2.05, 4.69) is 21.3 Å². The summed E-state index contributed by atoms with van der Waals surface area (Å²) >= 11 is 0. The number of hydrogen-bond donors (Lipinski definition) is 1. The van der Waals surface area contributed by atoms with E-state index >= 15 is 0 Å². The molecule has 5 heteroatoms. The molecule has 2 atom stereocenters. The van der Waals surface area contributed by atoms with Crippen molar-refractivity contribution in [2.45, 2.75) is 19.4 Å². The Morgan fingerprint density at radius 3 is 3.15 bits per heavy atom. The van der Waals surface area contributed by atoms with Gasteiger partial charge in [0.05, 0.1) is 25.2 Å². The molecule has 0 saturated carbocycles. The second-order valence-corrected chi connectivity index (χ2v) is 5.72. The number of amides is 1. The summed E-state index contributed by atoms with van der Waals surface area (Å²) in [6.45, 7) is 5.78. The molecule has 0 unspecified atom stereocenters. The molecule has 108 valence electrons. The minimum atomic E-state index is -0.0343. The lowest BCUT2D eigenvalue weighted by atomic mass is 10.1. The van der Waals surface area contributed by atoms with Crippen LogP contribution in [0.25, 0.3) is 0 Å². The van der Waals surface area contributed by atoms with E-state index in [-0.39, 0.29) is 17.9 Å². The van der Waals surface area contributed by atoms with Crippen LogP contribution in [-0.2, 0) is 16.0 Å². The molecule has 3 heterocycles. The van der Waals surface area contributed by atoms with Crippen LogP contribution in [0, 0.1) is 12.8 Å². The number of carbonyl (C=O) groups is 1. The van der Waals surface area contributed by atoms with E-state index in [9.17, 15) is 4.79 Å². The first kappa shape index (κ1) is 13.5. The highest BCUT2D eigenvalue weighted by Gasteiger charge is 2.32. The van der Waals surface area contributed by atoms with Gasteiger partial charge in [-0.25, -0.2) is 0 Å². The number of nitrogens with zero attached hydrogens (tertiary/aromatic N) is 2. The van der Waals surface area contributed by atoms with Gasteiger partial charge in [0.1, 0.15) is 0 Å². The molecule has 2 aliphatic heterocycles. The first-order valence-electron chi connectivity index (χ1n) is 7.24. The summed E-state index contributed by atoms with van der Waals surface area (Å²) in [5, 5.41) is 3.06. The Bertz CT molecular complexity index is 492. The van der Waals surface area contributed by atoms with Crippen molar-refractivity contribution in [3.63, 3.8) is 0 Å². The first-order chi connectivity index (χ1) is 9.70. The van der Waals surface area contributed by atoms with E-state index in [1.54, 1.807) is 0 Å². The van der Waals surface area contributed by atoms with Crippen molar-refractivity contribution in [3.8, 4) is 0 Å². The van der Waals surface area contributed by atoms with E-state index in [1.165, 1.54) is 0 Å². The molecule has 5 nitrogen and oxygen atoms in total. The van der Waals surface area contributed by atoms with Crippen LogP contribution >= 0.6 is 0 Å². The molecule has 2 bridgehead atoms. The largest absolute Gasteiger partial charge is 0.378 e. The molecule has 2 aliphatic rings. The van der Waals surface area contributed by atoms with Gasteiger partial charge in [-0.05, 0) is 19.1 Å². The molecule has 1 amide bonds. The van der Waals surface area contributed by atoms with Gasteiger partial charge in [0, 0.05) is 37.4 Å². The molecule has 0 aromatic carbocycles. The van der Waals surface area contributed by atoms with Crippen LogP contribution in [0.4, 0.5) is 0 Å². The van der Waals surface area contributed by atoms with Crippen LogP contribution in [0.5, 0.6) is 0 Å². The second-order valence-electron chi connectivity index (χ2n) is 5.72. The third-order valence-electron chi connectivity index (χ3n) is 3.94. The fraction of sp³-hybridized carbons (Fsp3) is 0.600. The van der Waals surface area contributed by atoms with Gasteiger partial charge in [0.2, 0.25) is 5.91 Å². The lowest BCUT2D eigenvalue weighted by Gasteiger charge is -2.27. The normalized spacial score (nSPS) is 26.9. The molecule has 1 N–H and O–H groups in total. The third-order valence-corrected chi connectivity index (χ3v) is 3.94. The maximum Gasteiger partial charge on any atom is 0.227 e. The highest BCUT2D eigenvalue weighted by atomic mass is 16.5. The van der Waals surface area contributed by atoms with Gasteiger partial charge < -0.3 is 10.1 Å².